The van der Waals surface area contributed by atoms with Crippen LogP contribution in [0.3, 0.4) is 0 Å². The van der Waals surface area contributed by atoms with Gasteiger partial charge in [0.05, 0.1) is 0 Å². The van der Waals surface area contributed by atoms with E-state index in [1.807, 2.05) is 0 Å². The molecule has 0 saturated carbocycles. The molecule has 0 aliphatic carbocycles. The van der Waals surface area contributed by atoms with E-state index in [0.717, 1.165) is 6.42 Å². The lowest BCUT2D eigenvalue weighted by Crippen LogP contribution is -2.24. The predicted molar refractivity (Wildman–Crippen MR) is 45.7 cm³/mol. The molecule has 0 aromatic rings. The summed E-state index contributed by atoms with van der Waals surface area (Å²) < 4.78 is 0.134. The van der Waals surface area contributed by atoms with E-state index in [1.165, 1.54) is 6.42 Å². The number of hydrogen-bond donors (Lipinski definition) is 0. The topological polar surface area (TPSA) is 0 Å². The molecule has 0 rings (SSSR count). The Morgan fingerprint density at radius 3 is 2.00 bits per heavy atom. The minimum atomic E-state index is 0.134. The molecule has 2 unspecified atom stereocenters. The first kappa shape index (κ1) is 9.35. The molecule has 1 radical (unpaired) electrons. The van der Waals surface area contributed by atoms with Crippen LogP contribution in [-0.4, -0.2) is 4.75 Å². The minimum Gasteiger partial charge on any atom is -0.0868 e. The fourth-order valence-electron chi connectivity index (χ4n) is 0.780. The van der Waals surface area contributed by atoms with Crippen molar-refractivity contribution in [1.29, 1.82) is 0 Å². The molecule has 0 saturated heterocycles. The molecule has 0 N–H and O–H groups in total. The summed E-state index contributed by atoms with van der Waals surface area (Å²) in [5, 5.41) is 0. The molecule has 0 aliphatic rings. The van der Waals surface area contributed by atoms with E-state index in [-0.39, 0.29) is 4.75 Å². The van der Waals surface area contributed by atoms with Gasteiger partial charge in [-0.05, 0) is 19.3 Å². The second kappa shape index (κ2) is 3.50. The smallest absolute Gasteiger partial charge is 0.0258 e. The van der Waals surface area contributed by atoms with E-state index >= 15 is 0 Å². The van der Waals surface area contributed by atoms with Crippen LogP contribution >= 0.6 is 12.6 Å². The molecule has 0 aromatic heterocycles. The van der Waals surface area contributed by atoms with Gasteiger partial charge in [0.2, 0.25) is 0 Å². The first-order valence-corrected chi connectivity index (χ1v) is 4.15. The summed E-state index contributed by atoms with van der Waals surface area (Å²) in [4.78, 5) is 0. The molecule has 0 bridgehead atoms. The summed E-state index contributed by atoms with van der Waals surface area (Å²) >= 11 is 5.37. The van der Waals surface area contributed by atoms with Crippen LogP contribution in [0.2, 0.25) is 0 Å². The molecule has 0 heterocycles. The standard InChI is InChI=1S/C8H17S/c1-5-7(3)8(4,9)6-2/h7H,5-6H2,1-4H3. The van der Waals surface area contributed by atoms with Crippen molar-refractivity contribution in [2.45, 2.75) is 45.3 Å². The summed E-state index contributed by atoms with van der Waals surface area (Å²) in [6.45, 7) is 8.76. The molecule has 0 nitrogen and oxygen atoms in total. The van der Waals surface area contributed by atoms with Crippen molar-refractivity contribution in [2.75, 3.05) is 0 Å². The molecule has 55 valence electrons. The van der Waals surface area contributed by atoms with Gasteiger partial charge < -0.3 is 0 Å². The molecule has 2 atom stereocenters. The monoisotopic (exact) mass is 145 g/mol. The molecule has 0 aromatic carbocycles. The fraction of sp³-hybridized carbons (Fsp3) is 1.00. The van der Waals surface area contributed by atoms with Crippen LogP contribution in [0.25, 0.3) is 0 Å². The molecular formula is C8H17S. The third kappa shape index (κ3) is 2.61. The van der Waals surface area contributed by atoms with Gasteiger partial charge in [-0.1, -0.05) is 39.8 Å². The Balaban J connectivity index is 3.80. The average molecular weight is 145 g/mol. The number of hydrogen-bond acceptors (Lipinski definition) is 0. The van der Waals surface area contributed by atoms with Crippen LogP contribution in [0.4, 0.5) is 0 Å². The van der Waals surface area contributed by atoms with Gasteiger partial charge in [-0.25, -0.2) is 0 Å². The lowest BCUT2D eigenvalue weighted by molar-refractivity contribution is 0.413. The molecule has 0 amide bonds. The highest BCUT2D eigenvalue weighted by Crippen LogP contribution is 2.29. The largest absolute Gasteiger partial charge is 0.0868 e. The van der Waals surface area contributed by atoms with Crippen molar-refractivity contribution in [3.8, 4) is 0 Å². The van der Waals surface area contributed by atoms with Crippen LogP contribution in [0, 0.1) is 5.92 Å². The maximum atomic E-state index is 5.37. The fourth-order valence-corrected chi connectivity index (χ4v) is 0.947. The zero-order valence-corrected chi connectivity index (χ0v) is 7.72. The van der Waals surface area contributed by atoms with E-state index in [2.05, 4.69) is 27.7 Å². The Kier molecular flexibility index (Phi) is 3.64. The van der Waals surface area contributed by atoms with Gasteiger partial charge in [-0.15, -0.1) is 0 Å². The molecule has 0 aliphatic heterocycles. The Hall–Kier alpha value is 0.350. The van der Waals surface area contributed by atoms with Crippen LogP contribution in [0.5, 0.6) is 0 Å². The van der Waals surface area contributed by atoms with E-state index in [1.54, 1.807) is 0 Å². The lowest BCUT2D eigenvalue weighted by atomic mass is 9.90. The highest BCUT2D eigenvalue weighted by Gasteiger charge is 2.23. The first-order valence-electron chi connectivity index (χ1n) is 3.75. The second-order valence-electron chi connectivity index (χ2n) is 2.98. The van der Waals surface area contributed by atoms with Gasteiger partial charge >= 0.3 is 0 Å². The van der Waals surface area contributed by atoms with Gasteiger partial charge in [0.1, 0.15) is 0 Å². The SMILES string of the molecule is CCC(C)C(C)([S])CC. The highest BCUT2D eigenvalue weighted by atomic mass is 32.1. The summed E-state index contributed by atoms with van der Waals surface area (Å²) in [6, 6.07) is 0. The Bertz CT molecular complexity index is 76.6. The maximum absolute atomic E-state index is 5.37. The molecule has 0 spiro atoms. The third-order valence-electron chi connectivity index (χ3n) is 2.36. The van der Waals surface area contributed by atoms with E-state index in [4.69, 9.17) is 12.6 Å². The van der Waals surface area contributed by atoms with E-state index < -0.39 is 0 Å². The van der Waals surface area contributed by atoms with Crippen molar-refractivity contribution in [3.63, 3.8) is 0 Å². The van der Waals surface area contributed by atoms with Crippen LogP contribution < -0.4 is 0 Å². The molecular weight excluding hydrogens is 128 g/mol. The highest BCUT2D eigenvalue weighted by molar-refractivity contribution is 7.81. The summed E-state index contributed by atoms with van der Waals surface area (Å²) in [5.74, 6) is 0.678. The Morgan fingerprint density at radius 2 is 1.89 bits per heavy atom. The average Bonchev–Trinajstić information content (AvgIpc) is 1.86. The van der Waals surface area contributed by atoms with Crippen molar-refractivity contribution < 1.29 is 0 Å². The normalized spacial score (nSPS) is 21.0. The third-order valence-corrected chi connectivity index (χ3v) is 3.05. The van der Waals surface area contributed by atoms with Crippen LogP contribution in [0.15, 0.2) is 0 Å². The zero-order valence-electron chi connectivity index (χ0n) is 6.90. The summed E-state index contributed by atoms with van der Waals surface area (Å²) in [5.41, 5.74) is 0. The van der Waals surface area contributed by atoms with Crippen molar-refractivity contribution >= 4 is 12.6 Å². The second-order valence-corrected chi connectivity index (χ2v) is 3.91. The molecule has 1 heteroatoms. The maximum Gasteiger partial charge on any atom is 0.0258 e. The predicted octanol–water partition coefficient (Wildman–Crippen LogP) is 3.40. The summed E-state index contributed by atoms with van der Waals surface area (Å²) in [6.07, 6.45) is 2.31. The van der Waals surface area contributed by atoms with Crippen molar-refractivity contribution in [2.24, 2.45) is 5.92 Å². The number of rotatable bonds is 3. The van der Waals surface area contributed by atoms with Gasteiger partial charge in [0.25, 0.3) is 0 Å². The molecule has 0 fully saturated rings. The zero-order chi connectivity index (χ0) is 7.49. The quantitative estimate of drug-likeness (QED) is 0.571. The Morgan fingerprint density at radius 1 is 1.44 bits per heavy atom. The van der Waals surface area contributed by atoms with Crippen LogP contribution in [-0.2, 0) is 0 Å². The minimum absolute atomic E-state index is 0.134. The molecule has 9 heavy (non-hydrogen) atoms. The first-order chi connectivity index (χ1) is 4.04. The van der Waals surface area contributed by atoms with Gasteiger partial charge in [-0.2, -0.15) is 0 Å². The van der Waals surface area contributed by atoms with Gasteiger partial charge in [0.15, 0.2) is 0 Å². The lowest BCUT2D eigenvalue weighted by Gasteiger charge is -2.27. The Labute approximate surface area is 64.4 Å². The van der Waals surface area contributed by atoms with E-state index in [9.17, 15) is 0 Å². The van der Waals surface area contributed by atoms with Gasteiger partial charge in [-0.3, -0.25) is 0 Å². The van der Waals surface area contributed by atoms with Crippen molar-refractivity contribution in [3.05, 3.63) is 0 Å². The van der Waals surface area contributed by atoms with E-state index in [0.29, 0.717) is 5.92 Å². The van der Waals surface area contributed by atoms with Crippen molar-refractivity contribution in [1.82, 2.24) is 0 Å². The van der Waals surface area contributed by atoms with Crippen LogP contribution in [0.1, 0.15) is 40.5 Å². The summed E-state index contributed by atoms with van der Waals surface area (Å²) in [7, 11) is 0. The van der Waals surface area contributed by atoms with Gasteiger partial charge in [0, 0.05) is 4.75 Å².